The van der Waals surface area contributed by atoms with Gasteiger partial charge in [-0.3, -0.25) is 0 Å². The molecule has 0 atom stereocenters. The summed E-state index contributed by atoms with van der Waals surface area (Å²) in [5.41, 5.74) is 0. The normalized spacial score (nSPS) is 11.9. The van der Waals surface area contributed by atoms with Crippen molar-refractivity contribution in [3.8, 4) is 0 Å². The maximum atomic E-state index is 12.0. The maximum absolute atomic E-state index is 12.0. The molecule has 16 heavy (non-hydrogen) atoms. The van der Waals surface area contributed by atoms with Crippen LogP contribution in [0.1, 0.15) is 39.5 Å². The van der Waals surface area contributed by atoms with Gasteiger partial charge >= 0.3 is 102 Å². The summed E-state index contributed by atoms with van der Waals surface area (Å²) in [7, 11) is 0. The van der Waals surface area contributed by atoms with Gasteiger partial charge in [-0.05, 0) is 0 Å². The summed E-state index contributed by atoms with van der Waals surface area (Å²) in [5.74, 6) is -1.97. The van der Waals surface area contributed by atoms with Gasteiger partial charge < -0.3 is 0 Å². The van der Waals surface area contributed by atoms with Crippen LogP contribution in [0.3, 0.4) is 0 Å². The van der Waals surface area contributed by atoms with E-state index in [-0.39, 0.29) is 0 Å². The van der Waals surface area contributed by atoms with Crippen molar-refractivity contribution in [1.82, 2.24) is 0 Å². The second-order valence-corrected chi connectivity index (χ2v) is 11.3. The van der Waals surface area contributed by atoms with Crippen LogP contribution in [0.4, 0.5) is 13.2 Å². The number of alkyl halides is 3. The second kappa shape index (κ2) is 8.19. The van der Waals surface area contributed by atoms with Crippen LogP contribution in [-0.2, 0) is 7.87 Å². The van der Waals surface area contributed by atoms with Crippen molar-refractivity contribution in [2.75, 3.05) is 0 Å². The Bertz CT molecular complexity index is 199. The standard InChI is InChI=1S/2C4H9.C2HF3O2.Sn.H/c2*1-3-4-2;3-2(4,5)1(6)7;;/h2*1,3-4H2,2H3;(H,6,7);;/q;;;+1;/p-1. The quantitative estimate of drug-likeness (QED) is 0.660. The molecule has 0 saturated heterocycles. The van der Waals surface area contributed by atoms with Crippen molar-refractivity contribution < 1.29 is 21.0 Å². The molecule has 0 amide bonds. The molecule has 0 aromatic heterocycles. The van der Waals surface area contributed by atoms with Gasteiger partial charge in [0.2, 0.25) is 0 Å². The zero-order valence-electron chi connectivity index (χ0n) is 9.77. The Morgan fingerprint density at radius 2 is 1.56 bits per heavy atom. The molecule has 0 N–H and O–H groups in total. The van der Waals surface area contributed by atoms with Crippen molar-refractivity contribution in [3.05, 3.63) is 0 Å². The zero-order chi connectivity index (χ0) is 12.6. The van der Waals surface area contributed by atoms with Gasteiger partial charge in [0.05, 0.1) is 0 Å². The Balaban J connectivity index is 4.13. The minimum absolute atomic E-state index is 0.722. The molecule has 0 fully saturated rings. The molecule has 0 rings (SSSR count). The summed E-state index contributed by atoms with van der Waals surface area (Å²) in [4.78, 5) is 10.7. The number of halogens is 3. The summed E-state index contributed by atoms with van der Waals surface area (Å²) >= 11 is -2.72. The van der Waals surface area contributed by atoms with Crippen LogP contribution in [0.5, 0.6) is 0 Å². The summed E-state index contributed by atoms with van der Waals surface area (Å²) in [5, 5.41) is 0. The average Bonchev–Trinajstić information content (AvgIpc) is 2.20. The molecule has 0 aliphatic rings. The second-order valence-electron chi connectivity index (χ2n) is 3.81. The molecule has 6 heteroatoms. The van der Waals surface area contributed by atoms with E-state index in [4.69, 9.17) is 0 Å². The third kappa shape index (κ3) is 7.35. The Hall–Kier alpha value is 0.0587. The van der Waals surface area contributed by atoms with E-state index >= 15 is 0 Å². The summed E-state index contributed by atoms with van der Waals surface area (Å²) in [6, 6.07) is 0. The van der Waals surface area contributed by atoms with E-state index in [1.807, 2.05) is 13.8 Å². The van der Waals surface area contributed by atoms with Crippen LogP contribution < -0.4 is 0 Å². The first-order chi connectivity index (χ1) is 7.41. The first kappa shape index (κ1) is 16.1. The predicted molar refractivity (Wildman–Crippen MR) is 58.7 cm³/mol. The first-order valence-corrected chi connectivity index (χ1v) is 11.7. The number of hydrogen-bond acceptors (Lipinski definition) is 2. The van der Waals surface area contributed by atoms with Crippen molar-refractivity contribution >= 4 is 26.1 Å². The molecule has 0 aliphatic heterocycles. The molecule has 0 aromatic carbocycles. The number of carbonyl (C=O) groups is 1. The van der Waals surface area contributed by atoms with E-state index in [9.17, 15) is 18.0 Å². The van der Waals surface area contributed by atoms with Gasteiger partial charge in [-0.15, -0.1) is 0 Å². The molecule has 0 saturated carbocycles. The molecular weight excluding hydrogens is 328 g/mol. The van der Waals surface area contributed by atoms with Gasteiger partial charge in [-0.1, -0.05) is 0 Å². The molecule has 0 aliphatic carbocycles. The van der Waals surface area contributed by atoms with Crippen LogP contribution in [0, 0.1) is 0 Å². The van der Waals surface area contributed by atoms with Gasteiger partial charge in [0, 0.05) is 0 Å². The first-order valence-electron chi connectivity index (χ1n) is 5.69. The molecule has 96 valence electrons. The Kier molecular flexibility index (Phi) is 8.22. The summed E-state index contributed by atoms with van der Waals surface area (Å²) in [6.45, 7) is 3.96. The van der Waals surface area contributed by atoms with E-state index in [0.29, 0.717) is 0 Å². The van der Waals surface area contributed by atoms with E-state index in [1.54, 1.807) is 0 Å². The van der Waals surface area contributed by atoms with Crippen LogP contribution in [0.15, 0.2) is 0 Å². The minimum atomic E-state index is -4.83. The van der Waals surface area contributed by atoms with Crippen LogP contribution in [-0.4, -0.2) is 32.3 Å². The molecule has 0 heterocycles. The third-order valence-corrected chi connectivity index (χ3v) is 9.83. The van der Waals surface area contributed by atoms with Gasteiger partial charge in [0.1, 0.15) is 0 Å². The van der Waals surface area contributed by atoms with Crippen molar-refractivity contribution in [1.29, 1.82) is 0 Å². The topological polar surface area (TPSA) is 26.3 Å². The number of rotatable bonds is 7. The average molecular weight is 347 g/mol. The van der Waals surface area contributed by atoms with Crippen molar-refractivity contribution in [2.45, 2.75) is 54.6 Å². The van der Waals surface area contributed by atoms with Crippen LogP contribution >= 0.6 is 0 Å². The molecule has 0 spiro atoms. The molecular formula is C10H19F3O2Sn. The van der Waals surface area contributed by atoms with E-state index in [1.165, 1.54) is 0 Å². The summed E-state index contributed by atoms with van der Waals surface area (Å²) < 4.78 is 42.1. The van der Waals surface area contributed by atoms with Gasteiger partial charge in [0.15, 0.2) is 0 Å². The Morgan fingerprint density at radius 1 is 1.12 bits per heavy atom. The van der Waals surface area contributed by atoms with E-state index < -0.39 is 32.3 Å². The Labute approximate surface area is 102 Å². The Morgan fingerprint density at radius 3 is 1.88 bits per heavy atom. The van der Waals surface area contributed by atoms with Crippen molar-refractivity contribution in [2.24, 2.45) is 0 Å². The van der Waals surface area contributed by atoms with Gasteiger partial charge in [-0.2, -0.15) is 0 Å². The molecule has 0 unspecified atom stereocenters. The predicted octanol–water partition coefficient (Wildman–Crippen LogP) is 3.42. The third-order valence-electron chi connectivity index (χ3n) is 2.26. The van der Waals surface area contributed by atoms with E-state index in [0.717, 1.165) is 34.6 Å². The molecule has 0 radical (unpaired) electrons. The monoisotopic (exact) mass is 348 g/mol. The summed E-state index contributed by atoms with van der Waals surface area (Å²) in [6.07, 6.45) is -1.22. The molecule has 0 aromatic rings. The zero-order valence-corrected chi connectivity index (χ0v) is 13.1. The number of hydrogen-bond donors (Lipinski definition) is 0. The molecule has 0 bridgehead atoms. The van der Waals surface area contributed by atoms with Gasteiger partial charge in [-0.25, -0.2) is 0 Å². The number of carbonyl (C=O) groups excluding carboxylic acids is 1. The van der Waals surface area contributed by atoms with Crippen LogP contribution in [0.25, 0.3) is 0 Å². The van der Waals surface area contributed by atoms with Gasteiger partial charge in [0.25, 0.3) is 0 Å². The number of unbranched alkanes of at least 4 members (excludes halogenated alkanes) is 2. The van der Waals surface area contributed by atoms with Crippen LogP contribution in [0.2, 0.25) is 8.87 Å². The fourth-order valence-corrected chi connectivity index (χ4v) is 9.02. The SMILES string of the molecule is CCC[CH2][SnH]([CH2]CCC)[O]C(=O)C(F)(F)F. The van der Waals surface area contributed by atoms with E-state index in [2.05, 4.69) is 3.07 Å². The fraction of sp³-hybridized carbons (Fsp3) is 0.900. The van der Waals surface area contributed by atoms with Crippen molar-refractivity contribution in [3.63, 3.8) is 0 Å². The fourth-order valence-electron chi connectivity index (χ4n) is 1.34. The molecule has 2 nitrogen and oxygen atoms in total.